The van der Waals surface area contributed by atoms with Crippen LogP contribution in [0.2, 0.25) is 0 Å². The molecule has 2 heterocycles. The molecule has 3 heteroatoms. The smallest absolute Gasteiger partial charge is 0.288 e. The number of benzene rings is 1. The van der Waals surface area contributed by atoms with Gasteiger partial charge in [0.15, 0.2) is 0 Å². The third-order valence-corrected chi connectivity index (χ3v) is 7.62. The van der Waals surface area contributed by atoms with Crippen LogP contribution in [0.15, 0.2) is 29.3 Å². The quantitative estimate of drug-likeness (QED) is 0.731. The van der Waals surface area contributed by atoms with E-state index in [0.717, 1.165) is 25.5 Å². The lowest BCUT2D eigenvalue weighted by atomic mass is 9.70. The molecule has 4 aliphatic rings. The summed E-state index contributed by atoms with van der Waals surface area (Å²) < 4.78 is 6.49. The number of amidine groups is 1. The van der Waals surface area contributed by atoms with Crippen molar-refractivity contribution < 1.29 is 4.74 Å². The fraction of sp³-hybridized carbons (Fsp3) is 0.650. The predicted octanol–water partition coefficient (Wildman–Crippen LogP) is 3.62. The van der Waals surface area contributed by atoms with Gasteiger partial charge in [-0.05, 0) is 41.7 Å². The zero-order valence-corrected chi connectivity index (χ0v) is 14.4. The Labute approximate surface area is 138 Å². The molecule has 3 nitrogen and oxygen atoms in total. The molecule has 4 atom stereocenters. The molecule has 0 spiro atoms. The van der Waals surface area contributed by atoms with Gasteiger partial charge in [0.1, 0.15) is 6.10 Å². The van der Waals surface area contributed by atoms with Gasteiger partial charge in [-0.1, -0.05) is 45.0 Å². The van der Waals surface area contributed by atoms with E-state index < -0.39 is 0 Å². The number of hydrogen-bond donors (Lipinski definition) is 0. The monoisotopic (exact) mass is 310 g/mol. The Morgan fingerprint density at radius 1 is 1.17 bits per heavy atom. The molecule has 2 unspecified atom stereocenters. The number of hydrogen-bond acceptors (Lipinski definition) is 3. The number of ether oxygens (including phenoxy) is 1. The van der Waals surface area contributed by atoms with Gasteiger partial charge < -0.3 is 9.64 Å². The first-order valence-electron chi connectivity index (χ1n) is 9.07. The molecule has 2 fully saturated rings. The highest BCUT2D eigenvalue weighted by molar-refractivity contribution is 5.77. The maximum Gasteiger partial charge on any atom is 0.288 e. The molecule has 1 aromatic carbocycles. The predicted molar refractivity (Wildman–Crippen MR) is 91.3 cm³/mol. The van der Waals surface area contributed by atoms with Crippen LogP contribution in [0.4, 0.5) is 0 Å². The maximum atomic E-state index is 6.49. The zero-order valence-electron chi connectivity index (χ0n) is 14.4. The molecule has 0 aromatic heterocycles. The minimum atomic E-state index is 0.279. The van der Waals surface area contributed by atoms with Crippen molar-refractivity contribution in [2.24, 2.45) is 21.7 Å². The van der Waals surface area contributed by atoms with Crippen LogP contribution in [0, 0.1) is 16.7 Å². The summed E-state index contributed by atoms with van der Waals surface area (Å²) in [5.41, 5.74) is 3.54. The fourth-order valence-electron chi connectivity index (χ4n) is 5.70. The number of rotatable bonds is 0. The van der Waals surface area contributed by atoms with Gasteiger partial charge >= 0.3 is 0 Å². The second kappa shape index (κ2) is 4.31. The lowest BCUT2D eigenvalue weighted by Crippen LogP contribution is -2.42. The molecule has 0 saturated heterocycles. The van der Waals surface area contributed by atoms with Crippen molar-refractivity contribution in [2.75, 3.05) is 6.54 Å². The van der Waals surface area contributed by atoms with E-state index in [9.17, 15) is 0 Å². The molecule has 5 rings (SSSR count). The molecule has 2 aliphatic heterocycles. The highest BCUT2D eigenvalue weighted by Crippen LogP contribution is 2.68. The lowest BCUT2D eigenvalue weighted by Gasteiger charge is -2.38. The highest BCUT2D eigenvalue weighted by atomic mass is 16.5. The SMILES string of the molecule is CC1(C)[C@@H]2CC[C@@]1(C)C1OC(N3CCc4ccccc4C3)=NC12. The van der Waals surface area contributed by atoms with Crippen molar-refractivity contribution in [3.8, 4) is 0 Å². The molecule has 122 valence electrons. The minimum absolute atomic E-state index is 0.279. The average Bonchev–Trinajstić information content (AvgIpc) is 3.13. The molecule has 2 bridgehead atoms. The van der Waals surface area contributed by atoms with Crippen LogP contribution < -0.4 is 0 Å². The van der Waals surface area contributed by atoms with E-state index in [1.165, 1.54) is 24.0 Å². The first-order valence-corrected chi connectivity index (χ1v) is 9.07. The van der Waals surface area contributed by atoms with Gasteiger partial charge in [0.05, 0.1) is 6.04 Å². The number of fused-ring (bicyclic) bond motifs is 6. The lowest BCUT2D eigenvalue weighted by molar-refractivity contribution is 0.0178. The molecule has 1 aromatic rings. The second-order valence-corrected chi connectivity index (χ2v) is 8.67. The van der Waals surface area contributed by atoms with Crippen LogP contribution in [0.1, 0.15) is 44.7 Å². The van der Waals surface area contributed by atoms with E-state index >= 15 is 0 Å². The third kappa shape index (κ3) is 1.63. The third-order valence-electron chi connectivity index (χ3n) is 7.62. The molecule has 0 radical (unpaired) electrons. The van der Waals surface area contributed by atoms with Crippen LogP contribution >= 0.6 is 0 Å². The number of nitrogens with zero attached hydrogens (tertiary/aromatic N) is 2. The summed E-state index contributed by atoms with van der Waals surface area (Å²) in [6, 6.07) is 10.1. The van der Waals surface area contributed by atoms with Crippen molar-refractivity contribution in [2.45, 2.75) is 58.7 Å². The molecule has 0 N–H and O–H groups in total. The molecule has 2 saturated carbocycles. The maximum absolute atomic E-state index is 6.49. The molecule has 0 amide bonds. The van der Waals surface area contributed by atoms with Gasteiger partial charge in [-0.3, -0.25) is 0 Å². The summed E-state index contributed by atoms with van der Waals surface area (Å²) in [5, 5.41) is 0. The minimum Gasteiger partial charge on any atom is -0.459 e. The first kappa shape index (κ1) is 13.9. The fourth-order valence-corrected chi connectivity index (χ4v) is 5.70. The topological polar surface area (TPSA) is 24.8 Å². The van der Waals surface area contributed by atoms with E-state index in [1.807, 2.05) is 0 Å². The van der Waals surface area contributed by atoms with Crippen LogP contribution in [-0.4, -0.2) is 29.6 Å². The van der Waals surface area contributed by atoms with Crippen molar-refractivity contribution >= 4 is 6.02 Å². The van der Waals surface area contributed by atoms with E-state index in [4.69, 9.17) is 9.73 Å². The van der Waals surface area contributed by atoms with E-state index in [2.05, 4.69) is 49.9 Å². The van der Waals surface area contributed by atoms with Crippen molar-refractivity contribution in [1.29, 1.82) is 0 Å². The second-order valence-electron chi connectivity index (χ2n) is 8.67. The normalized spacial score (nSPS) is 39.7. The average molecular weight is 310 g/mol. The Balaban J connectivity index is 1.43. The first-order chi connectivity index (χ1) is 11.0. The highest BCUT2D eigenvalue weighted by Gasteiger charge is 2.69. The Morgan fingerprint density at radius 2 is 1.96 bits per heavy atom. The summed E-state index contributed by atoms with van der Waals surface area (Å²) in [5.74, 6) is 0.687. The van der Waals surface area contributed by atoms with Gasteiger partial charge in [0.25, 0.3) is 6.02 Å². The summed E-state index contributed by atoms with van der Waals surface area (Å²) in [6.07, 6.45) is 3.99. The van der Waals surface area contributed by atoms with Gasteiger partial charge in [0.2, 0.25) is 0 Å². The van der Waals surface area contributed by atoms with E-state index in [0.29, 0.717) is 23.5 Å². The van der Waals surface area contributed by atoms with Crippen molar-refractivity contribution in [3.63, 3.8) is 0 Å². The molecule has 23 heavy (non-hydrogen) atoms. The number of aliphatic imine (C=N–C) groups is 1. The Morgan fingerprint density at radius 3 is 2.74 bits per heavy atom. The molecular formula is C20H26N2O. The Hall–Kier alpha value is -1.51. The summed E-state index contributed by atoms with van der Waals surface area (Å²) in [6.45, 7) is 9.26. The van der Waals surface area contributed by atoms with Crippen LogP contribution in [0.5, 0.6) is 0 Å². The van der Waals surface area contributed by atoms with Crippen LogP contribution in [0.25, 0.3) is 0 Å². The Bertz CT molecular complexity index is 695. The van der Waals surface area contributed by atoms with Gasteiger partial charge in [-0.2, -0.15) is 0 Å². The van der Waals surface area contributed by atoms with Crippen LogP contribution in [0.3, 0.4) is 0 Å². The van der Waals surface area contributed by atoms with E-state index in [1.54, 1.807) is 0 Å². The van der Waals surface area contributed by atoms with Gasteiger partial charge in [-0.25, -0.2) is 4.99 Å². The Kier molecular flexibility index (Phi) is 2.60. The van der Waals surface area contributed by atoms with E-state index in [-0.39, 0.29) is 5.41 Å². The molecule has 2 aliphatic carbocycles. The van der Waals surface area contributed by atoms with Crippen molar-refractivity contribution in [1.82, 2.24) is 4.90 Å². The van der Waals surface area contributed by atoms with Gasteiger partial charge in [0, 0.05) is 18.5 Å². The standard InChI is InChI=1S/C20H26N2O/c1-19(2)15-8-10-20(19,3)17-16(15)21-18(23-17)22-11-9-13-6-4-5-7-14(13)12-22/h4-7,15-17H,8-12H2,1-3H3/t15-,16?,17?,20+/m1/s1. The van der Waals surface area contributed by atoms with Gasteiger partial charge in [-0.15, -0.1) is 0 Å². The summed E-state index contributed by atoms with van der Waals surface area (Å²) in [4.78, 5) is 7.45. The molecular weight excluding hydrogens is 284 g/mol. The van der Waals surface area contributed by atoms with Crippen molar-refractivity contribution in [3.05, 3.63) is 35.4 Å². The zero-order chi connectivity index (χ0) is 15.8. The summed E-state index contributed by atoms with van der Waals surface area (Å²) in [7, 11) is 0. The summed E-state index contributed by atoms with van der Waals surface area (Å²) >= 11 is 0. The largest absolute Gasteiger partial charge is 0.459 e. The van der Waals surface area contributed by atoms with Crippen LogP contribution in [-0.2, 0) is 17.7 Å².